The second-order valence-corrected chi connectivity index (χ2v) is 7.88. The Labute approximate surface area is 177 Å². The molecule has 0 spiro atoms. The predicted molar refractivity (Wildman–Crippen MR) is 114 cm³/mol. The smallest absolute Gasteiger partial charge is 0.329 e. The van der Waals surface area contributed by atoms with E-state index in [9.17, 15) is 14.4 Å². The van der Waals surface area contributed by atoms with Gasteiger partial charge in [0.15, 0.2) is 6.61 Å². The summed E-state index contributed by atoms with van der Waals surface area (Å²) in [6.07, 6.45) is 2.87. The molecule has 0 fully saturated rings. The number of carbonyl (C=O) groups is 3. The Morgan fingerprint density at radius 2 is 1.73 bits per heavy atom. The molecule has 2 aromatic rings. The van der Waals surface area contributed by atoms with Crippen LogP contribution in [0, 0.1) is 5.92 Å². The van der Waals surface area contributed by atoms with Gasteiger partial charge in [-0.1, -0.05) is 56.3 Å². The van der Waals surface area contributed by atoms with Crippen LogP contribution < -0.4 is 10.6 Å². The predicted octanol–water partition coefficient (Wildman–Crippen LogP) is 3.18. The van der Waals surface area contributed by atoms with Crippen molar-refractivity contribution in [1.29, 1.82) is 0 Å². The van der Waals surface area contributed by atoms with Crippen molar-refractivity contribution in [2.24, 2.45) is 5.92 Å². The average molecular weight is 408 g/mol. The minimum Gasteiger partial charge on any atom is -0.454 e. The zero-order chi connectivity index (χ0) is 21.5. The Balaban J connectivity index is 1.54. The maximum absolute atomic E-state index is 12.5. The van der Waals surface area contributed by atoms with Gasteiger partial charge in [-0.15, -0.1) is 0 Å². The monoisotopic (exact) mass is 408 g/mol. The first-order chi connectivity index (χ1) is 14.5. The maximum atomic E-state index is 12.5. The molecule has 0 radical (unpaired) electrons. The molecule has 2 aromatic carbocycles. The number of hydrogen-bond donors (Lipinski definition) is 2. The summed E-state index contributed by atoms with van der Waals surface area (Å²) in [6.45, 7) is 3.26. The number of ether oxygens (including phenoxy) is 1. The highest BCUT2D eigenvalue weighted by Crippen LogP contribution is 2.29. The summed E-state index contributed by atoms with van der Waals surface area (Å²) in [5.41, 5.74) is 2.83. The first-order valence-electron chi connectivity index (χ1n) is 10.4. The number of aryl methyl sites for hydroxylation is 1. The fourth-order valence-corrected chi connectivity index (χ4v) is 3.68. The van der Waals surface area contributed by atoms with Crippen LogP contribution in [0.2, 0.25) is 0 Å². The van der Waals surface area contributed by atoms with Gasteiger partial charge in [-0.05, 0) is 48.4 Å². The first kappa shape index (κ1) is 21.6. The number of benzene rings is 2. The normalized spacial score (nSPS) is 16.3. The van der Waals surface area contributed by atoms with Crippen molar-refractivity contribution in [3.8, 4) is 0 Å². The molecule has 0 saturated heterocycles. The van der Waals surface area contributed by atoms with Crippen LogP contribution in [0.3, 0.4) is 0 Å². The van der Waals surface area contributed by atoms with Crippen molar-refractivity contribution in [2.45, 2.75) is 45.2 Å². The van der Waals surface area contributed by atoms with E-state index >= 15 is 0 Å². The SMILES string of the molecule is CC(C)[C@H](NC(=O)c1ccccc1)C(=O)OCC(=O)N[C@H]1CCCc2ccccc21. The Morgan fingerprint density at radius 3 is 2.47 bits per heavy atom. The van der Waals surface area contributed by atoms with Crippen molar-refractivity contribution < 1.29 is 19.1 Å². The summed E-state index contributed by atoms with van der Waals surface area (Å²) in [4.78, 5) is 37.3. The summed E-state index contributed by atoms with van der Waals surface area (Å²) in [5, 5.41) is 5.67. The van der Waals surface area contributed by atoms with Gasteiger partial charge >= 0.3 is 5.97 Å². The summed E-state index contributed by atoms with van der Waals surface area (Å²) >= 11 is 0. The Bertz CT molecular complexity index is 895. The van der Waals surface area contributed by atoms with Crippen LogP contribution in [0.4, 0.5) is 0 Å². The standard InChI is InChI=1S/C24H28N2O4/c1-16(2)22(26-23(28)18-10-4-3-5-11-18)24(29)30-15-21(27)25-20-14-8-12-17-9-6-7-13-19(17)20/h3-7,9-11,13,16,20,22H,8,12,14-15H2,1-2H3,(H,25,27)(H,26,28)/t20-,22-/m0/s1. The molecule has 1 aliphatic rings. The van der Waals surface area contributed by atoms with Crippen molar-refractivity contribution >= 4 is 17.8 Å². The van der Waals surface area contributed by atoms with Crippen molar-refractivity contribution in [2.75, 3.05) is 6.61 Å². The summed E-state index contributed by atoms with van der Waals surface area (Å²) < 4.78 is 5.23. The lowest BCUT2D eigenvalue weighted by Gasteiger charge is -2.26. The molecule has 30 heavy (non-hydrogen) atoms. The molecule has 158 valence electrons. The molecule has 0 unspecified atom stereocenters. The molecular formula is C24H28N2O4. The van der Waals surface area contributed by atoms with E-state index in [1.165, 1.54) is 5.56 Å². The number of fused-ring (bicyclic) bond motifs is 1. The van der Waals surface area contributed by atoms with Crippen molar-refractivity contribution in [3.05, 3.63) is 71.3 Å². The third-order valence-corrected chi connectivity index (χ3v) is 5.29. The highest BCUT2D eigenvalue weighted by molar-refractivity contribution is 5.97. The molecule has 6 heteroatoms. The number of amides is 2. The minimum atomic E-state index is -0.832. The number of esters is 1. The molecule has 2 amide bonds. The van der Waals surface area contributed by atoms with Crippen LogP contribution in [0.15, 0.2) is 54.6 Å². The molecule has 3 rings (SSSR count). The van der Waals surface area contributed by atoms with E-state index < -0.39 is 12.0 Å². The molecule has 2 N–H and O–H groups in total. The van der Waals surface area contributed by atoms with Gasteiger partial charge in [0.2, 0.25) is 0 Å². The Hall–Kier alpha value is -3.15. The second kappa shape index (κ2) is 10.1. The molecular weight excluding hydrogens is 380 g/mol. The average Bonchev–Trinajstić information content (AvgIpc) is 2.76. The largest absolute Gasteiger partial charge is 0.454 e. The fourth-order valence-electron chi connectivity index (χ4n) is 3.68. The lowest BCUT2D eigenvalue weighted by atomic mass is 9.88. The number of nitrogens with one attached hydrogen (secondary N) is 2. The van der Waals surface area contributed by atoms with E-state index in [2.05, 4.69) is 16.7 Å². The molecule has 0 aliphatic heterocycles. The van der Waals surface area contributed by atoms with Crippen LogP contribution in [0.25, 0.3) is 0 Å². The highest BCUT2D eigenvalue weighted by atomic mass is 16.5. The molecule has 0 bridgehead atoms. The van der Waals surface area contributed by atoms with Gasteiger partial charge in [0.25, 0.3) is 11.8 Å². The molecule has 0 aromatic heterocycles. The Kier molecular flexibility index (Phi) is 7.22. The third kappa shape index (κ3) is 5.47. The van der Waals surface area contributed by atoms with Gasteiger partial charge in [-0.3, -0.25) is 9.59 Å². The number of carbonyl (C=O) groups excluding carboxylic acids is 3. The van der Waals surface area contributed by atoms with E-state index in [0.29, 0.717) is 5.56 Å². The lowest BCUT2D eigenvalue weighted by molar-refractivity contribution is -0.151. The van der Waals surface area contributed by atoms with Gasteiger partial charge in [0.05, 0.1) is 6.04 Å². The quantitative estimate of drug-likeness (QED) is 0.689. The van der Waals surface area contributed by atoms with Gasteiger partial charge in [0, 0.05) is 5.56 Å². The van der Waals surface area contributed by atoms with E-state index in [4.69, 9.17) is 4.74 Å². The van der Waals surface area contributed by atoms with Crippen LogP contribution in [-0.2, 0) is 20.7 Å². The molecule has 6 nitrogen and oxygen atoms in total. The van der Waals surface area contributed by atoms with E-state index in [-0.39, 0.29) is 30.4 Å². The fraction of sp³-hybridized carbons (Fsp3) is 0.375. The number of rotatable bonds is 7. The molecule has 2 atom stereocenters. The van der Waals surface area contributed by atoms with Crippen LogP contribution in [0.5, 0.6) is 0 Å². The van der Waals surface area contributed by atoms with E-state index in [1.807, 2.05) is 38.1 Å². The van der Waals surface area contributed by atoms with Crippen LogP contribution in [0.1, 0.15) is 54.2 Å². The molecule has 1 aliphatic carbocycles. The van der Waals surface area contributed by atoms with E-state index in [0.717, 1.165) is 24.8 Å². The summed E-state index contributed by atoms with van der Waals surface area (Å²) in [6, 6.07) is 15.8. The topological polar surface area (TPSA) is 84.5 Å². The van der Waals surface area contributed by atoms with Gasteiger partial charge in [-0.25, -0.2) is 4.79 Å². The summed E-state index contributed by atoms with van der Waals surface area (Å²) in [7, 11) is 0. The maximum Gasteiger partial charge on any atom is 0.329 e. The van der Waals surface area contributed by atoms with E-state index in [1.54, 1.807) is 24.3 Å². The second-order valence-electron chi connectivity index (χ2n) is 7.88. The van der Waals surface area contributed by atoms with Crippen LogP contribution in [-0.4, -0.2) is 30.4 Å². The zero-order valence-corrected chi connectivity index (χ0v) is 17.4. The summed E-state index contributed by atoms with van der Waals surface area (Å²) in [5.74, 6) is -1.50. The lowest BCUT2D eigenvalue weighted by Crippen LogP contribution is -2.46. The van der Waals surface area contributed by atoms with Crippen LogP contribution >= 0.6 is 0 Å². The van der Waals surface area contributed by atoms with Gasteiger partial charge in [-0.2, -0.15) is 0 Å². The van der Waals surface area contributed by atoms with Crippen molar-refractivity contribution in [3.63, 3.8) is 0 Å². The number of hydrogen-bond acceptors (Lipinski definition) is 4. The highest BCUT2D eigenvalue weighted by Gasteiger charge is 2.27. The Morgan fingerprint density at radius 1 is 1.03 bits per heavy atom. The van der Waals surface area contributed by atoms with Gasteiger partial charge in [0.1, 0.15) is 6.04 Å². The van der Waals surface area contributed by atoms with Crippen molar-refractivity contribution in [1.82, 2.24) is 10.6 Å². The molecule has 0 saturated carbocycles. The minimum absolute atomic E-state index is 0.0696. The first-order valence-corrected chi connectivity index (χ1v) is 10.4. The molecule has 0 heterocycles. The third-order valence-electron chi connectivity index (χ3n) is 5.29. The van der Waals surface area contributed by atoms with Gasteiger partial charge < -0.3 is 15.4 Å². The zero-order valence-electron chi connectivity index (χ0n) is 17.4.